The molecule has 2 N–H and O–H groups in total. The molecule has 28 heavy (non-hydrogen) atoms. The van der Waals surface area contributed by atoms with Crippen LogP contribution in [0.3, 0.4) is 0 Å². The van der Waals surface area contributed by atoms with Gasteiger partial charge >= 0.3 is 0 Å². The summed E-state index contributed by atoms with van der Waals surface area (Å²) < 4.78 is 10.7. The second-order valence-electron chi connectivity index (χ2n) is 6.88. The molecule has 0 radical (unpaired) electrons. The van der Waals surface area contributed by atoms with Crippen LogP contribution in [0.5, 0.6) is 11.5 Å². The van der Waals surface area contributed by atoms with E-state index >= 15 is 0 Å². The molecule has 6 nitrogen and oxygen atoms in total. The fourth-order valence-electron chi connectivity index (χ4n) is 3.33. The van der Waals surface area contributed by atoms with E-state index in [0.29, 0.717) is 22.7 Å². The highest BCUT2D eigenvalue weighted by Gasteiger charge is 2.17. The van der Waals surface area contributed by atoms with E-state index in [-0.39, 0.29) is 24.5 Å². The molecule has 2 aromatic rings. The second kappa shape index (κ2) is 9.78. The Morgan fingerprint density at radius 2 is 1.75 bits per heavy atom. The van der Waals surface area contributed by atoms with Crippen LogP contribution in [0.15, 0.2) is 48.5 Å². The van der Waals surface area contributed by atoms with E-state index in [9.17, 15) is 9.59 Å². The van der Waals surface area contributed by atoms with Crippen LogP contribution in [0, 0.1) is 0 Å². The largest absolute Gasteiger partial charge is 0.493 e. The van der Waals surface area contributed by atoms with Crippen LogP contribution in [0.1, 0.15) is 42.5 Å². The van der Waals surface area contributed by atoms with Gasteiger partial charge in [-0.1, -0.05) is 37.5 Å². The molecule has 0 spiro atoms. The summed E-state index contributed by atoms with van der Waals surface area (Å²) in [6.45, 7) is -0.154. The summed E-state index contributed by atoms with van der Waals surface area (Å²) >= 11 is 0. The fourth-order valence-corrected chi connectivity index (χ4v) is 3.33. The Morgan fingerprint density at radius 3 is 2.50 bits per heavy atom. The van der Waals surface area contributed by atoms with Crippen LogP contribution in [-0.4, -0.2) is 31.6 Å². The number of hydrogen-bond donors (Lipinski definition) is 2. The second-order valence-corrected chi connectivity index (χ2v) is 6.88. The van der Waals surface area contributed by atoms with Gasteiger partial charge < -0.3 is 20.1 Å². The topological polar surface area (TPSA) is 76.7 Å². The van der Waals surface area contributed by atoms with Gasteiger partial charge in [-0.3, -0.25) is 9.59 Å². The Morgan fingerprint density at radius 1 is 1.00 bits per heavy atom. The molecule has 0 aromatic heterocycles. The van der Waals surface area contributed by atoms with Gasteiger partial charge in [-0.2, -0.15) is 0 Å². The van der Waals surface area contributed by atoms with E-state index in [0.717, 1.165) is 25.7 Å². The van der Waals surface area contributed by atoms with E-state index in [2.05, 4.69) is 10.6 Å². The van der Waals surface area contributed by atoms with Crippen molar-refractivity contribution in [2.75, 3.05) is 19.0 Å². The maximum atomic E-state index is 12.5. The fraction of sp³-hybridized carbons (Fsp3) is 0.364. The summed E-state index contributed by atoms with van der Waals surface area (Å²) in [7, 11) is 1.55. The van der Waals surface area contributed by atoms with Crippen LogP contribution < -0.4 is 20.1 Å². The molecule has 0 aliphatic heterocycles. The number of rotatable bonds is 7. The number of para-hydroxylation sites is 2. The Hall–Kier alpha value is -3.02. The first-order valence-corrected chi connectivity index (χ1v) is 9.62. The zero-order valence-electron chi connectivity index (χ0n) is 16.1. The van der Waals surface area contributed by atoms with Gasteiger partial charge in [-0.05, 0) is 43.2 Å². The minimum absolute atomic E-state index is 0.103. The number of benzene rings is 2. The number of ether oxygens (including phenoxy) is 2. The zero-order chi connectivity index (χ0) is 19.8. The molecule has 0 heterocycles. The molecular weight excluding hydrogens is 356 g/mol. The summed E-state index contributed by atoms with van der Waals surface area (Å²) in [5.41, 5.74) is 1.10. The van der Waals surface area contributed by atoms with Gasteiger partial charge in [0, 0.05) is 17.3 Å². The molecule has 6 heteroatoms. The molecule has 0 unspecified atom stereocenters. The third-order valence-electron chi connectivity index (χ3n) is 4.78. The van der Waals surface area contributed by atoms with Crippen LogP contribution in [0.4, 0.5) is 5.69 Å². The molecule has 0 atom stereocenters. The van der Waals surface area contributed by atoms with Gasteiger partial charge in [0.05, 0.1) is 7.11 Å². The lowest BCUT2D eigenvalue weighted by atomic mass is 9.95. The third kappa shape index (κ3) is 5.49. The lowest BCUT2D eigenvalue weighted by molar-refractivity contribution is -0.118. The Labute approximate surface area is 165 Å². The first kappa shape index (κ1) is 19.7. The van der Waals surface area contributed by atoms with Crippen molar-refractivity contribution in [3.8, 4) is 11.5 Å². The first-order chi connectivity index (χ1) is 13.7. The molecule has 1 saturated carbocycles. The van der Waals surface area contributed by atoms with Gasteiger partial charge in [0.15, 0.2) is 18.1 Å². The molecule has 3 rings (SSSR count). The van der Waals surface area contributed by atoms with E-state index in [1.807, 2.05) is 12.1 Å². The average molecular weight is 382 g/mol. The van der Waals surface area contributed by atoms with E-state index in [1.165, 1.54) is 6.42 Å². The molecule has 2 amide bonds. The summed E-state index contributed by atoms with van der Waals surface area (Å²) in [6.07, 6.45) is 5.62. The van der Waals surface area contributed by atoms with Crippen molar-refractivity contribution in [1.82, 2.24) is 5.32 Å². The first-order valence-electron chi connectivity index (χ1n) is 9.62. The molecular formula is C22H26N2O4. The number of carbonyl (C=O) groups excluding carboxylic acids is 2. The molecule has 148 valence electrons. The zero-order valence-corrected chi connectivity index (χ0v) is 16.1. The van der Waals surface area contributed by atoms with Crippen molar-refractivity contribution in [3.05, 3.63) is 54.1 Å². The summed E-state index contributed by atoms with van der Waals surface area (Å²) in [5.74, 6) is 0.654. The molecule has 0 bridgehead atoms. The Bertz CT molecular complexity index is 816. The van der Waals surface area contributed by atoms with Gasteiger partial charge in [-0.15, -0.1) is 0 Å². The van der Waals surface area contributed by atoms with Crippen molar-refractivity contribution in [3.63, 3.8) is 0 Å². The monoisotopic (exact) mass is 382 g/mol. The lowest BCUT2D eigenvalue weighted by Crippen LogP contribution is -2.36. The van der Waals surface area contributed by atoms with Crippen LogP contribution in [0.2, 0.25) is 0 Å². The van der Waals surface area contributed by atoms with E-state index in [1.54, 1.807) is 43.5 Å². The number of carbonyl (C=O) groups is 2. The summed E-state index contributed by atoms with van der Waals surface area (Å²) in [4.78, 5) is 24.7. The number of nitrogens with one attached hydrogen (secondary N) is 2. The molecule has 1 fully saturated rings. The quantitative estimate of drug-likeness (QED) is 0.764. The third-order valence-corrected chi connectivity index (χ3v) is 4.78. The Kier molecular flexibility index (Phi) is 6.89. The highest BCUT2D eigenvalue weighted by molar-refractivity contribution is 5.97. The van der Waals surface area contributed by atoms with Gasteiger partial charge in [0.25, 0.3) is 11.8 Å². The van der Waals surface area contributed by atoms with E-state index < -0.39 is 0 Å². The van der Waals surface area contributed by atoms with Crippen molar-refractivity contribution in [1.29, 1.82) is 0 Å². The highest BCUT2D eigenvalue weighted by atomic mass is 16.5. The minimum Gasteiger partial charge on any atom is -0.493 e. The van der Waals surface area contributed by atoms with Crippen molar-refractivity contribution in [2.24, 2.45) is 0 Å². The standard InChI is InChI=1S/C22H26N2O4/c1-27-19-12-5-6-13-20(19)28-15-21(25)23-18-11-7-8-16(14-18)22(26)24-17-9-3-2-4-10-17/h5-8,11-14,17H,2-4,9-10,15H2,1H3,(H,23,25)(H,24,26). The number of anilines is 1. The number of hydrogen-bond acceptors (Lipinski definition) is 4. The highest BCUT2D eigenvalue weighted by Crippen LogP contribution is 2.25. The van der Waals surface area contributed by atoms with Gasteiger partial charge in [0.1, 0.15) is 0 Å². The maximum absolute atomic E-state index is 12.5. The molecule has 2 aromatic carbocycles. The predicted molar refractivity (Wildman–Crippen MR) is 108 cm³/mol. The maximum Gasteiger partial charge on any atom is 0.262 e. The summed E-state index contributed by atoms with van der Waals surface area (Å²) in [6, 6.07) is 14.3. The van der Waals surface area contributed by atoms with E-state index in [4.69, 9.17) is 9.47 Å². The van der Waals surface area contributed by atoms with Crippen molar-refractivity contribution >= 4 is 17.5 Å². The molecule has 1 aliphatic carbocycles. The number of methoxy groups -OCH3 is 1. The average Bonchev–Trinajstić information content (AvgIpc) is 2.73. The predicted octanol–water partition coefficient (Wildman–Crippen LogP) is 3.78. The van der Waals surface area contributed by atoms with Crippen molar-refractivity contribution in [2.45, 2.75) is 38.1 Å². The Balaban J connectivity index is 1.54. The number of amides is 2. The molecule has 0 saturated heterocycles. The normalized spacial score (nSPS) is 14.2. The summed E-state index contributed by atoms with van der Waals surface area (Å²) in [5, 5.41) is 5.85. The van der Waals surface area contributed by atoms with Gasteiger partial charge in [0.2, 0.25) is 0 Å². The van der Waals surface area contributed by atoms with Crippen LogP contribution in [-0.2, 0) is 4.79 Å². The van der Waals surface area contributed by atoms with Gasteiger partial charge in [-0.25, -0.2) is 0 Å². The van der Waals surface area contributed by atoms with Crippen molar-refractivity contribution < 1.29 is 19.1 Å². The SMILES string of the molecule is COc1ccccc1OCC(=O)Nc1cccc(C(=O)NC2CCCCC2)c1. The smallest absolute Gasteiger partial charge is 0.262 e. The lowest BCUT2D eigenvalue weighted by Gasteiger charge is -2.22. The minimum atomic E-state index is -0.309. The van der Waals surface area contributed by atoms with Crippen LogP contribution >= 0.6 is 0 Å². The van der Waals surface area contributed by atoms with Crippen LogP contribution in [0.25, 0.3) is 0 Å². The molecule has 1 aliphatic rings.